The lowest BCUT2D eigenvalue weighted by molar-refractivity contribution is 0.118. The Kier molecular flexibility index (Phi) is 6.94. The van der Waals surface area contributed by atoms with Crippen molar-refractivity contribution < 1.29 is 4.74 Å². The first-order valence-electron chi connectivity index (χ1n) is 6.11. The van der Waals surface area contributed by atoms with E-state index in [-0.39, 0.29) is 0 Å². The molecule has 0 amide bonds. The van der Waals surface area contributed by atoms with E-state index in [2.05, 4.69) is 23.7 Å². The monoisotopic (exact) mass is 290 g/mol. The third kappa shape index (κ3) is 4.73. The fraction of sp³-hybridized carbons (Fsp3) is 0.615. The van der Waals surface area contributed by atoms with Crippen molar-refractivity contribution in [3.8, 4) is 0 Å². The van der Waals surface area contributed by atoms with Gasteiger partial charge in [-0.05, 0) is 19.4 Å². The Hall–Kier alpha value is -0.350. The number of hydrogen-bond donors (Lipinski definition) is 0. The van der Waals surface area contributed by atoms with E-state index in [0.29, 0.717) is 22.8 Å². The molecule has 0 saturated heterocycles. The normalized spacial score (nSPS) is 13.0. The summed E-state index contributed by atoms with van der Waals surface area (Å²) in [5.74, 6) is 0. The van der Waals surface area contributed by atoms with Crippen molar-refractivity contribution in [2.24, 2.45) is 0 Å². The van der Waals surface area contributed by atoms with Crippen LogP contribution in [0.15, 0.2) is 12.3 Å². The molecule has 0 aliphatic carbocycles. The van der Waals surface area contributed by atoms with Crippen molar-refractivity contribution in [3.63, 3.8) is 0 Å². The highest BCUT2D eigenvalue weighted by Crippen LogP contribution is 2.21. The van der Waals surface area contributed by atoms with Gasteiger partial charge in [0, 0.05) is 43.0 Å². The molecule has 0 saturated carbocycles. The third-order valence-corrected chi connectivity index (χ3v) is 3.63. The van der Waals surface area contributed by atoms with E-state index in [0.717, 1.165) is 25.1 Å². The number of halogens is 2. The van der Waals surface area contributed by atoms with Gasteiger partial charge in [0.1, 0.15) is 5.15 Å². The fourth-order valence-electron chi connectivity index (χ4n) is 1.69. The van der Waals surface area contributed by atoms with Gasteiger partial charge in [0.2, 0.25) is 0 Å². The molecule has 1 rings (SSSR count). The topological polar surface area (TPSA) is 25.4 Å². The van der Waals surface area contributed by atoms with Gasteiger partial charge in [-0.25, -0.2) is 4.98 Å². The van der Waals surface area contributed by atoms with Gasteiger partial charge in [-0.3, -0.25) is 4.90 Å². The highest BCUT2D eigenvalue weighted by molar-refractivity contribution is 6.34. The standard InChI is InChI=1S/C13H20Cl2N2O/c1-4-10(2)17(5-6-18-3)9-11-8-16-13(15)7-12(11)14/h7-8,10H,4-6,9H2,1-3H3. The van der Waals surface area contributed by atoms with Gasteiger partial charge in [0.25, 0.3) is 0 Å². The molecule has 0 fully saturated rings. The van der Waals surface area contributed by atoms with Gasteiger partial charge in [0.05, 0.1) is 6.61 Å². The number of methoxy groups -OCH3 is 1. The number of nitrogens with zero attached hydrogens (tertiary/aromatic N) is 2. The summed E-state index contributed by atoms with van der Waals surface area (Å²) >= 11 is 12.0. The zero-order valence-corrected chi connectivity index (χ0v) is 12.6. The molecule has 1 atom stereocenters. The van der Waals surface area contributed by atoms with Crippen molar-refractivity contribution in [2.75, 3.05) is 20.3 Å². The molecule has 1 unspecified atom stereocenters. The molecule has 1 heterocycles. The molecule has 3 nitrogen and oxygen atoms in total. The van der Waals surface area contributed by atoms with Crippen LogP contribution >= 0.6 is 23.2 Å². The summed E-state index contributed by atoms with van der Waals surface area (Å²) < 4.78 is 5.14. The van der Waals surface area contributed by atoms with Crippen LogP contribution in [0.5, 0.6) is 0 Å². The minimum absolute atomic E-state index is 0.427. The van der Waals surface area contributed by atoms with Crippen molar-refractivity contribution in [3.05, 3.63) is 28.0 Å². The lowest BCUT2D eigenvalue weighted by Gasteiger charge is -2.28. The van der Waals surface area contributed by atoms with Crippen LogP contribution in [0.4, 0.5) is 0 Å². The third-order valence-electron chi connectivity index (χ3n) is 3.07. The molecule has 0 aromatic carbocycles. The maximum Gasteiger partial charge on any atom is 0.130 e. The fourth-order valence-corrected chi connectivity index (χ4v) is 2.12. The molecular formula is C13H20Cl2N2O. The van der Waals surface area contributed by atoms with Crippen LogP contribution in [0, 0.1) is 0 Å². The lowest BCUT2D eigenvalue weighted by Crippen LogP contribution is -2.35. The van der Waals surface area contributed by atoms with Crippen molar-refractivity contribution in [2.45, 2.75) is 32.9 Å². The molecular weight excluding hydrogens is 271 g/mol. The van der Waals surface area contributed by atoms with E-state index in [4.69, 9.17) is 27.9 Å². The summed E-state index contributed by atoms with van der Waals surface area (Å²) in [4.78, 5) is 6.42. The summed E-state index contributed by atoms with van der Waals surface area (Å²) in [5.41, 5.74) is 0.998. The van der Waals surface area contributed by atoms with Crippen LogP contribution in [0.3, 0.4) is 0 Å². The zero-order chi connectivity index (χ0) is 13.5. The zero-order valence-electron chi connectivity index (χ0n) is 11.1. The van der Waals surface area contributed by atoms with Crippen molar-refractivity contribution >= 4 is 23.2 Å². The molecule has 1 aromatic rings. The minimum Gasteiger partial charge on any atom is -0.383 e. The molecule has 102 valence electrons. The first kappa shape index (κ1) is 15.7. The van der Waals surface area contributed by atoms with Crippen molar-refractivity contribution in [1.82, 2.24) is 9.88 Å². The minimum atomic E-state index is 0.427. The predicted octanol–water partition coefficient (Wildman–Crippen LogP) is 3.64. The maximum atomic E-state index is 6.17. The molecule has 0 radical (unpaired) electrons. The van der Waals surface area contributed by atoms with E-state index in [1.54, 1.807) is 19.4 Å². The number of aromatic nitrogens is 1. The van der Waals surface area contributed by atoms with Crippen LogP contribution in [0.2, 0.25) is 10.2 Å². The Balaban J connectivity index is 2.75. The SMILES string of the molecule is CCC(C)N(CCOC)Cc1cnc(Cl)cc1Cl. The van der Waals surface area contributed by atoms with Crippen LogP contribution in [-0.2, 0) is 11.3 Å². The second kappa shape index (κ2) is 7.95. The Labute approximate surface area is 119 Å². The number of pyridine rings is 1. The van der Waals surface area contributed by atoms with Gasteiger partial charge >= 0.3 is 0 Å². The lowest BCUT2D eigenvalue weighted by atomic mass is 10.2. The Morgan fingerprint density at radius 2 is 2.17 bits per heavy atom. The molecule has 5 heteroatoms. The van der Waals surface area contributed by atoms with Gasteiger partial charge in [-0.1, -0.05) is 30.1 Å². The average Bonchev–Trinajstić information content (AvgIpc) is 2.36. The molecule has 0 aliphatic rings. The van der Waals surface area contributed by atoms with Crippen LogP contribution in [-0.4, -0.2) is 36.2 Å². The summed E-state index contributed by atoms with van der Waals surface area (Å²) in [5, 5.41) is 1.09. The van der Waals surface area contributed by atoms with Crippen molar-refractivity contribution in [1.29, 1.82) is 0 Å². The molecule has 18 heavy (non-hydrogen) atoms. The van der Waals surface area contributed by atoms with Gasteiger partial charge in [0.15, 0.2) is 0 Å². The summed E-state index contributed by atoms with van der Waals surface area (Å²) in [7, 11) is 1.71. The Bertz CT molecular complexity index is 374. The van der Waals surface area contributed by atoms with E-state index < -0.39 is 0 Å². The van der Waals surface area contributed by atoms with Gasteiger partial charge in [-0.15, -0.1) is 0 Å². The first-order chi connectivity index (χ1) is 8.58. The largest absolute Gasteiger partial charge is 0.383 e. The average molecular weight is 291 g/mol. The molecule has 0 spiro atoms. The van der Waals surface area contributed by atoms with Gasteiger partial charge < -0.3 is 4.74 Å². The molecule has 0 aliphatic heterocycles. The summed E-state index contributed by atoms with van der Waals surface area (Å²) in [6, 6.07) is 2.16. The first-order valence-corrected chi connectivity index (χ1v) is 6.87. The van der Waals surface area contributed by atoms with Gasteiger partial charge in [-0.2, -0.15) is 0 Å². The van der Waals surface area contributed by atoms with Crippen LogP contribution in [0.1, 0.15) is 25.8 Å². The van der Waals surface area contributed by atoms with Crippen LogP contribution in [0.25, 0.3) is 0 Å². The smallest absolute Gasteiger partial charge is 0.130 e. The summed E-state index contributed by atoms with van der Waals surface area (Å²) in [6.45, 7) is 6.73. The second-order valence-corrected chi connectivity index (χ2v) is 5.11. The number of rotatable bonds is 7. The number of hydrogen-bond acceptors (Lipinski definition) is 3. The van der Waals surface area contributed by atoms with Crippen LogP contribution < -0.4 is 0 Å². The number of ether oxygens (including phenoxy) is 1. The quantitative estimate of drug-likeness (QED) is 0.717. The Morgan fingerprint density at radius 1 is 1.44 bits per heavy atom. The van der Waals surface area contributed by atoms with E-state index >= 15 is 0 Å². The molecule has 0 N–H and O–H groups in total. The summed E-state index contributed by atoms with van der Waals surface area (Å²) in [6.07, 6.45) is 2.83. The van der Waals surface area contributed by atoms with E-state index in [1.165, 1.54) is 0 Å². The highest BCUT2D eigenvalue weighted by atomic mass is 35.5. The second-order valence-electron chi connectivity index (χ2n) is 4.32. The van der Waals surface area contributed by atoms with E-state index in [9.17, 15) is 0 Å². The highest BCUT2D eigenvalue weighted by Gasteiger charge is 2.14. The van der Waals surface area contributed by atoms with E-state index in [1.807, 2.05) is 0 Å². The molecule has 1 aromatic heterocycles. The molecule has 0 bridgehead atoms. The Morgan fingerprint density at radius 3 is 2.72 bits per heavy atom. The predicted molar refractivity (Wildman–Crippen MR) is 76.3 cm³/mol. The maximum absolute atomic E-state index is 6.17.